The Morgan fingerprint density at radius 3 is 2.70 bits per heavy atom. The highest BCUT2D eigenvalue weighted by Gasteiger charge is 2.17. The molecule has 2 N–H and O–H groups in total. The molecule has 20 heavy (non-hydrogen) atoms. The monoisotopic (exact) mass is 274 g/mol. The molecule has 1 unspecified atom stereocenters. The van der Waals surface area contributed by atoms with Gasteiger partial charge in [0.05, 0.1) is 7.11 Å². The second kappa shape index (κ2) is 6.48. The van der Waals surface area contributed by atoms with E-state index < -0.39 is 6.04 Å². The Hall–Kier alpha value is -1.94. The number of pyridine rings is 1. The molecule has 0 aliphatic heterocycles. The van der Waals surface area contributed by atoms with Crippen molar-refractivity contribution in [3.8, 4) is 5.75 Å². The molecule has 1 heterocycles. The van der Waals surface area contributed by atoms with Gasteiger partial charge in [-0.25, -0.2) is 4.39 Å². The van der Waals surface area contributed by atoms with E-state index in [1.165, 1.54) is 18.7 Å². The zero-order valence-corrected chi connectivity index (χ0v) is 11.8. The first-order valence-corrected chi connectivity index (χ1v) is 6.67. The van der Waals surface area contributed by atoms with Gasteiger partial charge in [0, 0.05) is 29.9 Å². The lowest BCUT2D eigenvalue weighted by atomic mass is 10.0. The van der Waals surface area contributed by atoms with Crippen molar-refractivity contribution < 1.29 is 9.13 Å². The number of ether oxygens (including phenoxy) is 1. The van der Waals surface area contributed by atoms with Gasteiger partial charge in [-0.15, -0.1) is 0 Å². The Morgan fingerprint density at radius 1 is 1.30 bits per heavy atom. The summed E-state index contributed by atoms with van der Waals surface area (Å²) in [6.07, 6.45) is 3.25. The molecular weight excluding hydrogens is 255 g/mol. The number of aromatic nitrogens is 1. The molecule has 0 fully saturated rings. The summed E-state index contributed by atoms with van der Waals surface area (Å²) >= 11 is 0. The summed E-state index contributed by atoms with van der Waals surface area (Å²) in [5, 5.41) is 0. The summed E-state index contributed by atoms with van der Waals surface area (Å²) < 4.78 is 19.1. The molecule has 0 radical (unpaired) electrons. The molecule has 0 bridgehead atoms. The molecule has 1 aromatic heterocycles. The molecule has 1 aromatic carbocycles. The first kappa shape index (κ1) is 14.5. The Balaban J connectivity index is 2.21. The fourth-order valence-corrected chi connectivity index (χ4v) is 2.17. The standard InChI is InChI=1S/C16H19FN2O/c1-3-11-7-8-12(19-10-11)9-14(18)16-13(17)5-4-6-15(16)20-2/h4-8,10,14H,3,9,18H2,1-2H3. The average Bonchev–Trinajstić information content (AvgIpc) is 2.47. The number of benzene rings is 1. The van der Waals surface area contributed by atoms with E-state index in [0.29, 0.717) is 17.7 Å². The highest BCUT2D eigenvalue weighted by Crippen LogP contribution is 2.28. The number of hydrogen-bond acceptors (Lipinski definition) is 3. The molecule has 0 saturated carbocycles. The third-order valence-corrected chi connectivity index (χ3v) is 3.33. The van der Waals surface area contributed by atoms with Crippen molar-refractivity contribution in [1.82, 2.24) is 4.98 Å². The van der Waals surface area contributed by atoms with E-state index in [9.17, 15) is 4.39 Å². The fourth-order valence-electron chi connectivity index (χ4n) is 2.17. The van der Waals surface area contributed by atoms with E-state index in [0.717, 1.165) is 12.1 Å². The number of nitrogens with zero attached hydrogens (tertiary/aromatic N) is 1. The summed E-state index contributed by atoms with van der Waals surface area (Å²) in [6.45, 7) is 2.08. The average molecular weight is 274 g/mol. The summed E-state index contributed by atoms with van der Waals surface area (Å²) in [5.41, 5.74) is 8.53. The maximum Gasteiger partial charge on any atom is 0.131 e. The second-order valence-electron chi connectivity index (χ2n) is 4.68. The normalized spacial score (nSPS) is 12.2. The van der Waals surface area contributed by atoms with Gasteiger partial charge in [-0.3, -0.25) is 4.98 Å². The van der Waals surface area contributed by atoms with E-state index in [1.54, 1.807) is 12.1 Å². The van der Waals surface area contributed by atoms with E-state index in [-0.39, 0.29) is 5.82 Å². The van der Waals surface area contributed by atoms with Crippen LogP contribution in [0.25, 0.3) is 0 Å². The zero-order chi connectivity index (χ0) is 14.5. The number of nitrogens with two attached hydrogens (primary N) is 1. The Bertz CT molecular complexity index is 569. The van der Waals surface area contributed by atoms with Crippen LogP contribution in [0.3, 0.4) is 0 Å². The van der Waals surface area contributed by atoms with Crippen LogP contribution in [-0.2, 0) is 12.8 Å². The van der Waals surface area contributed by atoms with E-state index in [2.05, 4.69) is 11.9 Å². The van der Waals surface area contributed by atoms with Gasteiger partial charge in [0.25, 0.3) is 0 Å². The molecular formula is C16H19FN2O. The van der Waals surface area contributed by atoms with Crippen molar-refractivity contribution in [3.63, 3.8) is 0 Å². The molecule has 2 rings (SSSR count). The van der Waals surface area contributed by atoms with Crippen LogP contribution in [0.5, 0.6) is 5.75 Å². The quantitative estimate of drug-likeness (QED) is 0.911. The lowest BCUT2D eigenvalue weighted by molar-refractivity contribution is 0.398. The molecule has 106 valence electrons. The van der Waals surface area contributed by atoms with Crippen LogP contribution >= 0.6 is 0 Å². The lowest BCUT2D eigenvalue weighted by Crippen LogP contribution is -2.17. The summed E-state index contributed by atoms with van der Waals surface area (Å²) in [7, 11) is 1.51. The van der Waals surface area contributed by atoms with Crippen LogP contribution in [0.4, 0.5) is 4.39 Å². The van der Waals surface area contributed by atoms with Crippen molar-refractivity contribution in [3.05, 3.63) is 59.2 Å². The number of aryl methyl sites for hydroxylation is 1. The van der Waals surface area contributed by atoms with Gasteiger partial charge in [-0.2, -0.15) is 0 Å². The van der Waals surface area contributed by atoms with E-state index in [1.807, 2.05) is 18.3 Å². The minimum atomic E-state index is -0.480. The van der Waals surface area contributed by atoms with Gasteiger partial charge in [-0.05, 0) is 30.2 Å². The second-order valence-corrected chi connectivity index (χ2v) is 4.68. The van der Waals surface area contributed by atoms with Crippen LogP contribution in [0, 0.1) is 5.82 Å². The Kier molecular flexibility index (Phi) is 4.69. The maximum atomic E-state index is 13.9. The van der Waals surface area contributed by atoms with Gasteiger partial charge < -0.3 is 10.5 Å². The third kappa shape index (κ3) is 3.14. The van der Waals surface area contributed by atoms with Crippen LogP contribution in [0.2, 0.25) is 0 Å². The topological polar surface area (TPSA) is 48.1 Å². The first-order valence-electron chi connectivity index (χ1n) is 6.67. The minimum absolute atomic E-state index is 0.345. The molecule has 1 atom stereocenters. The molecule has 0 aliphatic carbocycles. The Morgan fingerprint density at radius 2 is 2.10 bits per heavy atom. The van der Waals surface area contributed by atoms with E-state index >= 15 is 0 Å². The zero-order valence-electron chi connectivity index (χ0n) is 11.8. The molecule has 4 heteroatoms. The maximum absolute atomic E-state index is 13.9. The van der Waals surface area contributed by atoms with Gasteiger partial charge in [0.1, 0.15) is 11.6 Å². The largest absolute Gasteiger partial charge is 0.496 e. The highest BCUT2D eigenvalue weighted by atomic mass is 19.1. The SMILES string of the molecule is CCc1ccc(CC(N)c2c(F)cccc2OC)nc1. The van der Waals surface area contributed by atoms with E-state index in [4.69, 9.17) is 10.5 Å². The van der Waals surface area contributed by atoms with Crippen molar-refractivity contribution in [2.75, 3.05) is 7.11 Å². The van der Waals surface area contributed by atoms with Crippen molar-refractivity contribution >= 4 is 0 Å². The van der Waals surface area contributed by atoms with Gasteiger partial charge >= 0.3 is 0 Å². The number of hydrogen-bond donors (Lipinski definition) is 1. The Labute approximate surface area is 118 Å². The molecule has 2 aromatic rings. The molecule has 0 spiro atoms. The van der Waals surface area contributed by atoms with Crippen LogP contribution in [0.15, 0.2) is 36.5 Å². The van der Waals surface area contributed by atoms with Crippen molar-refractivity contribution in [1.29, 1.82) is 0 Å². The third-order valence-electron chi connectivity index (χ3n) is 3.33. The van der Waals surface area contributed by atoms with Gasteiger partial charge in [-0.1, -0.05) is 19.1 Å². The number of methoxy groups -OCH3 is 1. The highest BCUT2D eigenvalue weighted by molar-refractivity contribution is 5.37. The number of rotatable bonds is 5. The first-order chi connectivity index (χ1) is 9.65. The molecule has 3 nitrogen and oxygen atoms in total. The van der Waals surface area contributed by atoms with Crippen LogP contribution < -0.4 is 10.5 Å². The van der Waals surface area contributed by atoms with Crippen molar-refractivity contribution in [2.45, 2.75) is 25.8 Å². The van der Waals surface area contributed by atoms with Gasteiger partial charge in [0.15, 0.2) is 0 Å². The molecule has 0 aliphatic rings. The van der Waals surface area contributed by atoms with Crippen LogP contribution in [-0.4, -0.2) is 12.1 Å². The predicted molar refractivity (Wildman–Crippen MR) is 77.2 cm³/mol. The van der Waals surface area contributed by atoms with Gasteiger partial charge in [0.2, 0.25) is 0 Å². The molecule has 0 saturated heterocycles. The fraction of sp³-hybridized carbons (Fsp3) is 0.312. The van der Waals surface area contributed by atoms with Crippen LogP contribution in [0.1, 0.15) is 29.8 Å². The minimum Gasteiger partial charge on any atom is -0.496 e. The smallest absolute Gasteiger partial charge is 0.131 e. The lowest BCUT2D eigenvalue weighted by Gasteiger charge is -2.16. The number of halogens is 1. The van der Waals surface area contributed by atoms with Crippen molar-refractivity contribution in [2.24, 2.45) is 5.73 Å². The summed E-state index contributed by atoms with van der Waals surface area (Å²) in [4.78, 5) is 4.36. The molecule has 0 amide bonds. The summed E-state index contributed by atoms with van der Waals surface area (Å²) in [5.74, 6) is 0.129. The summed E-state index contributed by atoms with van der Waals surface area (Å²) in [6, 6.07) is 8.20. The predicted octanol–water partition coefficient (Wildman–Crippen LogP) is 3.03.